The van der Waals surface area contributed by atoms with Crippen LogP contribution in [0.2, 0.25) is 0 Å². The van der Waals surface area contributed by atoms with E-state index in [9.17, 15) is 14.0 Å². The number of hydrogen-bond acceptors (Lipinski definition) is 5. The van der Waals surface area contributed by atoms with Crippen molar-refractivity contribution in [1.29, 1.82) is 0 Å². The molecule has 0 radical (unpaired) electrons. The maximum Gasteiger partial charge on any atom is 0.232 e. The van der Waals surface area contributed by atoms with Crippen LogP contribution in [0.1, 0.15) is 38.4 Å². The quantitative estimate of drug-likeness (QED) is 0.674. The average molecular weight is 420 g/mol. The van der Waals surface area contributed by atoms with Crippen molar-refractivity contribution in [2.45, 2.75) is 50.2 Å². The van der Waals surface area contributed by atoms with Gasteiger partial charge >= 0.3 is 0 Å². The molecule has 1 aliphatic carbocycles. The van der Waals surface area contributed by atoms with Crippen molar-refractivity contribution < 1.29 is 14.0 Å². The average Bonchev–Trinajstić information content (AvgIpc) is 3.03. The molecule has 29 heavy (non-hydrogen) atoms. The Morgan fingerprint density at radius 3 is 2.62 bits per heavy atom. The summed E-state index contributed by atoms with van der Waals surface area (Å²) in [6, 6.07) is 5.81. The molecule has 1 aliphatic rings. The van der Waals surface area contributed by atoms with Gasteiger partial charge in [0, 0.05) is 18.8 Å². The number of amides is 2. The lowest BCUT2D eigenvalue weighted by Crippen LogP contribution is -2.41. The van der Waals surface area contributed by atoms with E-state index in [1.165, 1.54) is 42.4 Å². The highest BCUT2D eigenvalue weighted by Crippen LogP contribution is 2.24. The van der Waals surface area contributed by atoms with E-state index in [4.69, 9.17) is 0 Å². The second kappa shape index (κ2) is 9.87. The fourth-order valence-electron chi connectivity index (χ4n) is 3.42. The van der Waals surface area contributed by atoms with Gasteiger partial charge in [0.2, 0.25) is 11.8 Å². The molecule has 0 aliphatic heterocycles. The first-order chi connectivity index (χ1) is 13.9. The molecule has 1 saturated carbocycles. The highest BCUT2D eigenvalue weighted by atomic mass is 32.2. The summed E-state index contributed by atoms with van der Waals surface area (Å²) in [6.45, 7) is 2.18. The van der Waals surface area contributed by atoms with E-state index >= 15 is 0 Å². The third-order valence-corrected chi connectivity index (χ3v) is 6.18. The monoisotopic (exact) mass is 419 g/mol. The van der Waals surface area contributed by atoms with E-state index in [2.05, 4.69) is 27.8 Å². The summed E-state index contributed by atoms with van der Waals surface area (Å²) in [7, 11) is 1.77. The standard InChI is InChI=1S/C20H26FN5O2S/c1-13-5-3-4-6-16(13)23-19(28)12-29-20-25-24-17(26(20)2)11-18(27)22-15-9-7-14(21)8-10-15/h7-10,13,16H,3-6,11-12H2,1-2H3,(H,22,27)(H,23,28). The van der Waals surface area contributed by atoms with Crippen molar-refractivity contribution in [2.24, 2.45) is 13.0 Å². The molecule has 1 aromatic heterocycles. The van der Waals surface area contributed by atoms with Crippen molar-refractivity contribution >= 4 is 29.3 Å². The molecule has 0 saturated heterocycles. The number of benzene rings is 1. The van der Waals surface area contributed by atoms with Crippen molar-refractivity contribution in [3.05, 3.63) is 35.9 Å². The minimum atomic E-state index is -0.361. The van der Waals surface area contributed by atoms with Gasteiger partial charge in [0.15, 0.2) is 5.16 Å². The van der Waals surface area contributed by atoms with Crippen LogP contribution in [0.4, 0.5) is 10.1 Å². The summed E-state index contributed by atoms with van der Waals surface area (Å²) < 4.78 is 14.7. The molecular formula is C20H26FN5O2S. The SMILES string of the molecule is CC1CCCCC1NC(=O)CSc1nnc(CC(=O)Nc2ccc(F)cc2)n1C. The maximum atomic E-state index is 12.9. The zero-order valence-electron chi connectivity index (χ0n) is 16.7. The number of rotatable bonds is 7. The summed E-state index contributed by atoms with van der Waals surface area (Å²) in [5, 5.41) is 14.5. The predicted octanol–water partition coefficient (Wildman–Crippen LogP) is 2.92. The van der Waals surface area contributed by atoms with Gasteiger partial charge in [0.1, 0.15) is 11.6 Å². The minimum Gasteiger partial charge on any atom is -0.352 e. The number of nitrogens with zero attached hydrogens (tertiary/aromatic N) is 3. The lowest BCUT2D eigenvalue weighted by molar-refractivity contribution is -0.120. The molecule has 156 valence electrons. The van der Waals surface area contributed by atoms with Crippen LogP contribution in [0.3, 0.4) is 0 Å². The Bertz CT molecular complexity index is 855. The van der Waals surface area contributed by atoms with Gasteiger partial charge in [-0.1, -0.05) is 31.5 Å². The third kappa shape index (κ3) is 6.03. The van der Waals surface area contributed by atoms with Gasteiger partial charge in [-0.2, -0.15) is 0 Å². The molecule has 1 heterocycles. The van der Waals surface area contributed by atoms with Gasteiger partial charge in [-0.05, 0) is 43.0 Å². The largest absolute Gasteiger partial charge is 0.352 e. The number of carbonyl (C=O) groups is 2. The Balaban J connectivity index is 1.49. The number of thioether (sulfide) groups is 1. The molecule has 7 nitrogen and oxygen atoms in total. The molecule has 3 rings (SSSR count). The fraction of sp³-hybridized carbons (Fsp3) is 0.500. The molecule has 0 spiro atoms. The molecule has 0 bridgehead atoms. The van der Waals surface area contributed by atoms with Crippen LogP contribution in [0.15, 0.2) is 29.4 Å². The van der Waals surface area contributed by atoms with Crippen molar-refractivity contribution in [3.8, 4) is 0 Å². The second-order valence-electron chi connectivity index (χ2n) is 7.41. The van der Waals surface area contributed by atoms with Gasteiger partial charge in [-0.3, -0.25) is 9.59 Å². The minimum absolute atomic E-state index is 0.00708. The molecule has 2 unspecified atom stereocenters. The Morgan fingerprint density at radius 1 is 1.17 bits per heavy atom. The number of hydrogen-bond donors (Lipinski definition) is 2. The molecule has 2 atom stereocenters. The Hall–Kier alpha value is -2.42. The Labute approximate surface area is 173 Å². The predicted molar refractivity (Wildman–Crippen MR) is 110 cm³/mol. The zero-order chi connectivity index (χ0) is 20.8. The summed E-state index contributed by atoms with van der Waals surface area (Å²) in [5.41, 5.74) is 0.516. The van der Waals surface area contributed by atoms with Crippen LogP contribution >= 0.6 is 11.8 Å². The van der Waals surface area contributed by atoms with Gasteiger partial charge in [0.05, 0.1) is 12.2 Å². The Kier molecular flexibility index (Phi) is 7.24. The molecule has 1 fully saturated rings. The van der Waals surface area contributed by atoms with Crippen LogP contribution < -0.4 is 10.6 Å². The first-order valence-corrected chi connectivity index (χ1v) is 10.8. The van der Waals surface area contributed by atoms with E-state index in [1.54, 1.807) is 11.6 Å². The lowest BCUT2D eigenvalue weighted by atomic mass is 9.86. The molecule has 1 aromatic carbocycles. The van der Waals surface area contributed by atoms with Gasteiger partial charge in [-0.15, -0.1) is 10.2 Å². The van der Waals surface area contributed by atoms with E-state index < -0.39 is 0 Å². The summed E-state index contributed by atoms with van der Waals surface area (Å²) in [4.78, 5) is 24.5. The highest BCUT2D eigenvalue weighted by Gasteiger charge is 2.23. The van der Waals surface area contributed by atoms with Gasteiger partial charge in [-0.25, -0.2) is 4.39 Å². The number of carbonyl (C=O) groups excluding carboxylic acids is 2. The molecule has 2 amide bonds. The summed E-state index contributed by atoms with van der Waals surface area (Å²) in [5.74, 6) is 0.629. The summed E-state index contributed by atoms with van der Waals surface area (Å²) >= 11 is 1.30. The summed E-state index contributed by atoms with van der Waals surface area (Å²) in [6.07, 6.45) is 4.63. The second-order valence-corrected chi connectivity index (χ2v) is 8.36. The van der Waals surface area contributed by atoms with Crippen molar-refractivity contribution in [1.82, 2.24) is 20.1 Å². The first kappa shape index (κ1) is 21.3. The normalized spacial score (nSPS) is 19.0. The van der Waals surface area contributed by atoms with Crippen LogP contribution in [-0.2, 0) is 23.1 Å². The van der Waals surface area contributed by atoms with Gasteiger partial charge in [0.25, 0.3) is 0 Å². The first-order valence-electron chi connectivity index (χ1n) is 9.78. The van der Waals surface area contributed by atoms with Crippen molar-refractivity contribution in [3.63, 3.8) is 0 Å². The smallest absolute Gasteiger partial charge is 0.232 e. The topological polar surface area (TPSA) is 88.9 Å². The number of nitrogens with one attached hydrogen (secondary N) is 2. The molecule has 9 heteroatoms. The van der Waals surface area contributed by atoms with Crippen LogP contribution in [0.5, 0.6) is 0 Å². The number of anilines is 1. The number of halogens is 1. The zero-order valence-corrected chi connectivity index (χ0v) is 17.5. The van der Waals surface area contributed by atoms with E-state index in [0.29, 0.717) is 22.6 Å². The van der Waals surface area contributed by atoms with E-state index in [0.717, 1.165) is 19.3 Å². The van der Waals surface area contributed by atoms with E-state index in [-0.39, 0.29) is 35.8 Å². The van der Waals surface area contributed by atoms with Crippen molar-refractivity contribution in [2.75, 3.05) is 11.1 Å². The Morgan fingerprint density at radius 2 is 1.90 bits per heavy atom. The van der Waals surface area contributed by atoms with E-state index in [1.807, 2.05) is 0 Å². The van der Waals surface area contributed by atoms with Crippen LogP contribution in [-0.4, -0.2) is 38.4 Å². The van der Waals surface area contributed by atoms with Crippen LogP contribution in [0, 0.1) is 11.7 Å². The molecule has 2 aromatic rings. The third-order valence-electron chi connectivity index (χ3n) is 5.16. The molecule has 2 N–H and O–H groups in total. The lowest BCUT2D eigenvalue weighted by Gasteiger charge is -2.29. The van der Waals surface area contributed by atoms with Crippen LogP contribution in [0.25, 0.3) is 0 Å². The van der Waals surface area contributed by atoms with Gasteiger partial charge < -0.3 is 15.2 Å². The maximum absolute atomic E-state index is 12.9. The number of aromatic nitrogens is 3. The highest BCUT2D eigenvalue weighted by molar-refractivity contribution is 7.99. The fourth-order valence-corrected chi connectivity index (χ4v) is 4.16. The molecular weight excluding hydrogens is 393 g/mol.